The molecule has 0 fully saturated rings. The van der Waals surface area contributed by atoms with Gasteiger partial charge in [-0.2, -0.15) is 16.8 Å². The summed E-state index contributed by atoms with van der Waals surface area (Å²) >= 11 is 5.53. The van der Waals surface area contributed by atoms with Crippen LogP contribution in [0.25, 0.3) is 0 Å². The number of nitrogens with two attached hydrogens (primary N) is 1. The Morgan fingerprint density at radius 3 is 1.93 bits per heavy atom. The molecule has 5 nitrogen and oxygen atoms in total. The zero-order chi connectivity index (χ0) is 10.9. The van der Waals surface area contributed by atoms with Crippen molar-refractivity contribution in [2.75, 3.05) is 5.73 Å². The van der Waals surface area contributed by atoms with Gasteiger partial charge in [-0.25, -0.2) is 0 Å². The third-order valence-electron chi connectivity index (χ3n) is 1.42. The van der Waals surface area contributed by atoms with E-state index in [2.05, 4.69) is 0 Å². The van der Waals surface area contributed by atoms with Crippen LogP contribution in [0.4, 0.5) is 5.69 Å². The van der Waals surface area contributed by atoms with Gasteiger partial charge in [0.15, 0.2) is 0 Å². The number of hydrogen-bond acceptors (Lipinski definition) is 5. The fourth-order valence-electron chi connectivity index (χ4n) is 0.822. The van der Waals surface area contributed by atoms with Crippen LogP contribution in [0.5, 0.6) is 0 Å². The maximum absolute atomic E-state index is 10.6. The molecule has 0 saturated carbocycles. The van der Waals surface area contributed by atoms with E-state index in [1.165, 1.54) is 0 Å². The molecular weight excluding hydrogens is 250 g/mol. The average molecular weight is 254 g/mol. The molecule has 0 unspecified atom stereocenters. The predicted molar refractivity (Wildman–Crippen MR) is 50.2 cm³/mol. The van der Waals surface area contributed by atoms with E-state index in [1.54, 1.807) is 0 Å². The van der Waals surface area contributed by atoms with Gasteiger partial charge in [0.1, 0.15) is 9.79 Å². The highest BCUT2D eigenvalue weighted by Crippen LogP contribution is 2.25. The molecule has 0 aliphatic carbocycles. The Morgan fingerprint density at radius 1 is 1.00 bits per heavy atom. The molecule has 0 atom stereocenters. The summed E-state index contributed by atoms with van der Waals surface area (Å²) in [6.07, 6.45) is 0. The van der Waals surface area contributed by atoms with Crippen molar-refractivity contribution in [2.45, 2.75) is 9.79 Å². The Morgan fingerprint density at radius 2 is 1.50 bits per heavy atom. The topological polar surface area (TPSA) is 94.3 Å². The van der Waals surface area contributed by atoms with Gasteiger partial charge in [0.25, 0.3) is 0 Å². The van der Waals surface area contributed by atoms with Gasteiger partial charge in [0.05, 0.1) is 10.7 Å². The monoisotopic (exact) mass is 253 g/mol. The molecule has 0 saturated heterocycles. The van der Waals surface area contributed by atoms with Crippen molar-refractivity contribution in [3.8, 4) is 0 Å². The molecule has 1 aromatic carbocycles. The molecule has 2 radical (unpaired) electrons. The number of nitrogen functional groups attached to an aromatic ring is 1. The molecule has 8 heteroatoms. The summed E-state index contributed by atoms with van der Waals surface area (Å²) in [6.45, 7) is 0. The first-order valence-corrected chi connectivity index (χ1v) is 5.74. The van der Waals surface area contributed by atoms with Gasteiger partial charge in [0, 0.05) is 0 Å². The molecule has 0 aliphatic rings. The van der Waals surface area contributed by atoms with Crippen LogP contribution in [0, 0.1) is 0 Å². The lowest BCUT2D eigenvalue weighted by molar-refractivity contribution is 0.613. The first-order chi connectivity index (χ1) is 6.43. The second kappa shape index (κ2) is 3.99. The van der Waals surface area contributed by atoms with Gasteiger partial charge in [-0.1, -0.05) is 11.6 Å². The third kappa shape index (κ3) is 2.06. The van der Waals surface area contributed by atoms with Crippen LogP contribution in [-0.2, 0) is 21.4 Å². The molecule has 0 aromatic heterocycles. The van der Waals surface area contributed by atoms with E-state index in [0.717, 1.165) is 12.1 Å². The Balaban J connectivity index is 3.58. The zero-order valence-electron chi connectivity index (χ0n) is 6.56. The lowest BCUT2D eigenvalue weighted by Gasteiger charge is -1.99. The molecular formula is C6H4ClNO4S2. The first kappa shape index (κ1) is 11.0. The summed E-state index contributed by atoms with van der Waals surface area (Å²) in [5, 5.41) is -0.106. The molecule has 76 valence electrons. The maximum atomic E-state index is 10.6. The van der Waals surface area contributed by atoms with Crippen LogP contribution < -0.4 is 5.73 Å². The van der Waals surface area contributed by atoms with Gasteiger partial charge in [0.2, 0.25) is 21.4 Å². The average Bonchev–Trinajstić information content (AvgIpc) is 2.02. The molecule has 0 amide bonds. The molecule has 2 N–H and O–H groups in total. The Labute approximate surface area is 88.4 Å². The molecule has 0 spiro atoms. The number of halogens is 1. The number of hydrogen-bond donors (Lipinski definition) is 1. The number of rotatable bonds is 2. The second-order valence-electron chi connectivity index (χ2n) is 2.29. The zero-order valence-corrected chi connectivity index (χ0v) is 8.95. The van der Waals surface area contributed by atoms with Gasteiger partial charge < -0.3 is 5.73 Å². The number of anilines is 1. The fraction of sp³-hybridized carbons (Fsp3) is 0. The summed E-state index contributed by atoms with van der Waals surface area (Å²) in [4.78, 5) is -0.575. The van der Waals surface area contributed by atoms with Crippen LogP contribution in [-0.4, -0.2) is 16.8 Å². The van der Waals surface area contributed by atoms with Gasteiger partial charge in [-0.3, -0.25) is 0 Å². The largest absolute Gasteiger partial charge is 0.397 e. The highest BCUT2D eigenvalue weighted by atomic mass is 35.5. The van der Waals surface area contributed by atoms with Crippen LogP contribution in [0.2, 0.25) is 5.02 Å². The van der Waals surface area contributed by atoms with Crippen molar-refractivity contribution in [1.82, 2.24) is 0 Å². The Hall–Kier alpha value is -1.05. The quantitative estimate of drug-likeness (QED) is 0.770. The van der Waals surface area contributed by atoms with Crippen LogP contribution in [0.1, 0.15) is 0 Å². The van der Waals surface area contributed by atoms with Crippen molar-refractivity contribution >= 4 is 38.7 Å². The van der Waals surface area contributed by atoms with Crippen molar-refractivity contribution in [3.05, 3.63) is 17.2 Å². The van der Waals surface area contributed by atoms with Crippen LogP contribution >= 0.6 is 11.6 Å². The van der Waals surface area contributed by atoms with Gasteiger partial charge in [-0.05, 0) is 12.1 Å². The molecule has 0 heterocycles. The summed E-state index contributed by atoms with van der Waals surface area (Å²) in [7, 11) is -5.17. The van der Waals surface area contributed by atoms with Crippen LogP contribution in [0.3, 0.4) is 0 Å². The summed E-state index contributed by atoms with van der Waals surface area (Å²) in [5.74, 6) is 0. The Kier molecular flexibility index (Phi) is 3.14. The van der Waals surface area contributed by atoms with E-state index in [1.807, 2.05) is 0 Å². The summed E-state index contributed by atoms with van der Waals surface area (Å²) < 4.78 is 42.3. The SMILES string of the molecule is Nc1cc(Cl)c([S](=O)=O)cc1[S](=O)=O. The predicted octanol–water partition coefficient (Wildman–Crippen LogP) is 0.398. The molecule has 0 aliphatic heterocycles. The van der Waals surface area contributed by atoms with E-state index >= 15 is 0 Å². The van der Waals surface area contributed by atoms with Crippen molar-refractivity contribution in [1.29, 1.82) is 0 Å². The van der Waals surface area contributed by atoms with E-state index in [4.69, 9.17) is 17.3 Å². The van der Waals surface area contributed by atoms with Crippen molar-refractivity contribution < 1.29 is 16.8 Å². The van der Waals surface area contributed by atoms with E-state index in [0.29, 0.717) is 0 Å². The molecule has 1 rings (SSSR count). The molecule has 1 aromatic rings. The Bertz CT molecular complexity index is 462. The van der Waals surface area contributed by atoms with E-state index in [-0.39, 0.29) is 20.5 Å². The lowest BCUT2D eigenvalue weighted by Crippen LogP contribution is -1.95. The minimum absolute atomic E-state index is 0.0856. The summed E-state index contributed by atoms with van der Waals surface area (Å²) in [5.41, 5.74) is 5.23. The van der Waals surface area contributed by atoms with E-state index in [9.17, 15) is 16.8 Å². The van der Waals surface area contributed by atoms with Crippen molar-refractivity contribution in [3.63, 3.8) is 0 Å². The fourth-order valence-corrected chi connectivity index (χ4v) is 2.16. The lowest BCUT2D eigenvalue weighted by atomic mass is 10.3. The van der Waals surface area contributed by atoms with Gasteiger partial charge >= 0.3 is 0 Å². The number of benzene rings is 1. The highest BCUT2D eigenvalue weighted by molar-refractivity contribution is 7.73. The molecule has 14 heavy (non-hydrogen) atoms. The van der Waals surface area contributed by atoms with Crippen molar-refractivity contribution in [2.24, 2.45) is 0 Å². The van der Waals surface area contributed by atoms with Gasteiger partial charge in [-0.15, -0.1) is 0 Å². The highest BCUT2D eigenvalue weighted by Gasteiger charge is 2.12. The normalized spacial score (nSPS) is 9.79. The minimum Gasteiger partial charge on any atom is -0.397 e. The standard InChI is InChI=1S/C6H4ClNO4S2/c7-3-1-4(8)6(14(11)12)2-5(3)13(9)10/h1-2H,8H2. The first-order valence-electron chi connectivity index (χ1n) is 3.21. The smallest absolute Gasteiger partial charge is 0.223 e. The summed E-state index contributed by atoms with van der Waals surface area (Å²) in [6, 6.07) is 1.99. The maximum Gasteiger partial charge on any atom is 0.223 e. The molecule has 0 bridgehead atoms. The third-order valence-corrected chi connectivity index (χ3v) is 3.26. The minimum atomic E-state index is -2.59. The van der Waals surface area contributed by atoms with Crippen LogP contribution in [0.15, 0.2) is 21.9 Å². The second-order valence-corrected chi connectivity index (χ2v) is 4.52. The van der Waals surface area contributed by atoms with E-state index < -0.39 is 21.4 Å².